The van der Waals surface area contributed by atoms with E-state index in [1.807, 2.05) is 36.4 Å². The molecule has 2 aromatic rings. The molecule has 2 aliphatic carbocycles. The van der Waals surface area contributed by atoms with Crippen LogP contribution in [0.15, 0.2) is 60.7 Å². The van der Waals surface area contributed by atoms with Crippen LogP contribution in [0.5, 0.6) is 0 Å². The molecule has 2 saturated carbocycles. The Morgan fingerprint density at radius 1 is 0.475 bits per heavy atom. The van der Waals surface area contributed by atoms with Crippen molar-refractivity contribution in [3.8, 4) is 0 Å². The molecule has 80 heavy (non-hydrogen) atoms. The summed E-state index contributed by atoms with van der Waals surface area (Å²) in [6.07, 6.45) is 16.8. The SMILES string of the molecule is CN[C@@H](C)C(=O)N[C@H]1CN(C(=O)CCCCCCCCC(=O)N2CC[C@H]3CC[C@@H](C(=O)N[C@@H]4CCCC[C@H]4c4ccccc4)N3C(=O)[C@@H](NC(=O)[C@H](C)NC)C2)CC[C@H]2CCC(C(=O)N[C@@H]3CCCC[C@H]3c3ccccc3)N2C1=O. The molecule has 0 spiro atoms. The van der Waals surface area contributed by atoms with Crippen LogP contribution in [0.3, 0.4) is 0 Å². The largest absolute Gasteiger partial charge is 0.351 e. The Morgan fingerprint density at radius 2 is 0.850 bits per heavy atom. The van der Waals surface area contributed by atoms with E-state index in [2.05, 4.69) is 56.2 Å². The van der Waals surface area contributed by atoms with Gasteiger partial charge in [-0.3, -0.25) is 38.4 Å². The van der Waals surface area contributed by atoms with Crippen molar-refractivity contribution in [3.05, 3.63) is 71.8 Å². The Kier molecular flexibility index (Phi) is 22.0. The van der Waals surface area contributed by atoms with Gasteiger partial charge in [-0.15, -0.1) is 0 Å². The zero-order chi connectivity index (χ0) is 56.7. The molecule has 18 heteroatoms. The first-order valence-corrected chi connectivity index (χ1v) is 30.6. The number of fused-ring (bicyclic) bond motifs is 2. The topological polar surface area (TPSA) is 222 Å². The molecule has 6 N–H and O–H groups in total. The molecule has 12 atom stereocenters. The Labute approximate surface area is 474 Å². The molecule has 18 nitrogen and oxygen atoms in total. The van der Waals surface area contributed by atoms with E-state index in [9.17, 15) is 38.4 Å². The van der Waals surface area contributed by atoms with Crippen molar-refractivity contribution >= 4 is 47.3 Å². The van der Waals surface area contributed by atoms with Crippen LogP contribution in [0.25, 0.3) is 0 Å². The van der Waals surface area contributed by atoms with E-state index in [0.29, 0.717) is 77.3 Å². The van der Waals surface area contributed by atoms with Gasteiger partial charge in [-0.2, -0.15) is 0 Å². The average Bonchev–Trinajstić information content (AvgIpc) is 4.20. The molecule has 6 aliphatic rings. The molecule has 8 amide bonds. The van der Waals surface area contributed by atoms with E-state index in [1.165, 1.54) is 11.1 Å². The van der Waals surface area contributed by atoms with Gasteiger partial charge in [0.1, 0.15) is 24.2 Å². The number of rotatable bonds is 21. The lowest BCUT2D eigenvalue weighted by Gasteiger charge is -2.40. The van der Waals surface area contributed by atoms with Crippen LogP contribution in [-0.2, 0) is 38.4 Å². The number of nitrogens with one attached hydrogen (secondary N) is 6. The molecule has 4 saturated heterocycles. The highest BCUT2D eigenvalue weighted by Crippen LogP contribution is 2.37. The normalized spacial score (nSPS) is 28.0. The van der Waals surface area contributed by atoms with Gasteiger partial charge < -0.3 is 51.5 Å². The van der Waals surface area contributed by atoms with Crippen molar-refractivity contribution in [1.29, 1.82) is 0 Å². The summed E-state index contributed by atoms with van der Waals surface area (Å²) in [6, 6.07) is 15.7. The summed E-state index contributed by atoms with van der Waals surface area (Å²) in [5, 5.41) is 18.5. The van der Waals surface area contributed by atoms with Crippen molar-refractivity contribution in [1.82, 2.24) is 51.5 Å². The highest BCUT2D eigenvalue weighted by atomic mass is 16.2. The predicted molar refractivity (Wildman–Crippen MR) is 307 cm³/mol. The molecule has 6 fully saturated rings. The molecular formula is C62H92N10O8. The van der Waals surface area contributed by atoms with Crippen molar-refractivity contribution in [2.45, 2.75) is 227 Å². The van der Waals surface area contributed by atoms with Gasteiger partial charge in [-0.25, -0.2) is 0 Å². The Balaban J connectivity index is 0.798. The van der Waals surface area contributed by atoms with Crippen LogP contribution in [0.1, 0.15) is 178 Å². The second-order valence-corrected chi connectivity index (χ2v) is 23.8. The summed E-state index contributed by atoms with van der Waals surface area (Å²) >= 11 is 0. The number of nitrogens with zero attached hydrogens (tertiary/aromatic N) is 4. The third kappa shape index (κ3) is 15.2. The van der Waals surface area contributed by atoms with E-state index < -0.39 is 36.3 Å². The van der Waals surface area contributed by atoms with Crippen LogP contribution in [-0.4, -0.2) is 168 Å². The Hall–Kier alpha value is -5.88. The van der Waals surface area contributed by atoms with E-state index in [4.69, 9.17) is 0 Å². The van der Waals surface area contributed by atoms with Gasteiger partial charge in [0.15, 0.2) is 0 Å². The summed E-state index contributed by atoms with van der Waals surface area (Å²) in [4.78, 5) is 119. The van der Waals surface area contributed by atoms with Gasteiger partial charge in [-0.1, -0.05) is 112 Å². The number of carbonyl (C=O) groups excluding carboxylic acids is 8. The maximum atomic E-state index is 14.6. The van der Waals surface area contributed by atoms with Crippen molar-refractivity contribution in [3.63, 3.8) is 0 Å². The Bertz CT molecular complexity index is 2260. The van der Waals surface area contributed by atoms with E-state index in [0.717, 1.165) is 77.0 Å². The van der Waals surface area contributed by atoms with Crippen molar-refractivity contribution in [2.24, 2.45) is 0 Å². The van der Waals surface area contributed by atoms with Gasteiger partial charge in [0.25, 0.3) is 0 Å². The molecule has 0 aromatic heterocycles. The number of hydrogen-bond donors (Lipinski definition) is 6. The Morgan fingerprint density at radius 3 is 1.24 bits per heavy atom. The average molecular weight is 1110 g/mol. The first kappa shape index (κ1) is 60.2. The first-order chi connectivity index (χ1) is 38.8. The minimum absolute atomic E-state index is 0.0262. The van der Waals surface area contributed by atoms with Crippen LogP contribution in [0, 0.1) is 0 Å². The highest BCUT2D eigenvalue weighted by Gasteiger charge is 2.48. The van der Waals surface area contributed by atoms with E-state index in [1.54, 1.807) is 47.5 Å². The van der Waals surface area contributed by atoms with Gasteiger partial charge in [0.05, 0.1) is 12.1 Å². The second kappa shape index (κ2) is 29.2. The molecule has 4 heterocycles. The fraction of sp³-hybridized carbons (Fsp3) is 0.677. The molecule has 8 rings (SSSR count). The van der Waals surface area contributed by atoms with Gasteiger partial charge >= 0.3 is 0 Å². The molecule has 0 bridgehead atoms. The van der Waals surface area contributed by atoms with E-state index >= 15 is 0 Å². The first-order valence-electron chi connectivity index (χ1n) is 30.6. The fourth-order valence-electron chi connectivity index (χ4n) is 13.7. The molecule has 0 radical (unpaired) electrons. The van der Waals surface area contributed by atoms with Crippen molar-refractivity contribution < 1.29 is 38.4 Å². The summed E-state index contributed by atoms with van der Waals surface area (Å²) in [6.45, 7) is 4.34. The number of amides is 8. The fourth-order valence-corrected chi connectivity index (χ4v) is 13.7. The van der Waals surface area contributed by atoms with Crippen LogP contribution in [0.4, 0.5) is 0 Å². The molecular weight excluding hydrogens is 1010 g/mol. The summed E-state index contributed by atoms with van der Waals surface area (Å²) in [5.41, 5.74) is 2.43. The zero-order valence-electron chi connectivity index (χ0n) is 48.1. The lowest BCUT2D eigenvalue weighted by molar-refractivity contribution is -0.147. The van der Waals surface area contributed by atoms with Crippen molar-refractivity contribution in [2.75, 3.05) is 40.3 Å². The third-order valence-corrected chi connectivity index (χ3v) is 18.7. The lowest BCUT2D eigenvalue weighted by Crippen LogP contribution is -2.62. The molecule has 2 aromatic carbocycles. The number of benzene rings is 2. The summed E-state index contributed by atoms with van der Waals surface area (Å²) in [7, 11) is 3.36. The summed E-state index contributed by atoms with van der Waals surface area (Å²) < 4.78 is 0. The minimum atomic E-state index is -0.998. The molecule has 4 aliphatic heterocycles. The van der Waals surface area contributed by atoms with Gasteiger partial charge in [-0.05, 0) is 116 Å². The van der Waals surface area contributed by atoms with E-state index in [-0.39, 0.29) is 96.4 Å². The standard InChI is InChI=1S/C62H92N10O8/c1-41(63-3)57(75)67-51-39-69(37-35-45-31-33-53(71(45)61(51)79)59(77)65-49-27-19-17-25-47(49)43-21-11-9-12-22-43)55(73)29-15-7-5-6-8-16-30-56(74)70-38-36-46-32-34-54(72(46)62(80)52(40-70)68-58(76)42(2)64-4)60(78)66-50-28-20-18-26-48(50)44-23-13-10-14-24-44/h9-14,21-24,41-42,45-54,63-64H,5-8,15-20,25-40H2,1-4H3,(H,65,77)(H,66,78)(H,67,75)(H,68,76)/t41-,42-,45+,46+,47-,48-,49+,50+,51-,52-,53-,54?/m0/s1. The summed E-state index contributed by atoms with van der Waals surface area (Å²) in [5.74, 6) is -1.35. The monoisotopic (exact) mass is 1100 g/mol. The van der Waals surface area contributed by atoms with Crippen LogP contribution in [0.2, 0.25) is 0 Å². The quantitative estimate of drug-likeness (QED) is 0.0902. The predicted octanol–water partition coefficient (Wildman–Crippen LogP) is 5.16. The number of likely N-dealkylation sites (N-methyl/N-ethyl adjacent to an activating group) is 2. The third-order valence-electron chi connectivity index (χ3n) is 18.7. The maximum Gasteiger partial charge on any atom is 0.247 e. The molecule has 1 unspecified atom stereocenters. The number of unbranched alkanes of at least 4 members (excludes halogenated alkanes) is 5. The zero-order valence-corrected chi connectivity index (χ0v) is 48.1. The minimum Gasteiger partial charge on any atom is -0.351 e. The second-order valence-electron chi connectivity index (χ2n) is 23.8. The van der Waals surface area contributed by atoms with Crippen LogP contribution >= 0.6 is 0 Å². The smallest absolute Gasteiger partial charge is 0.247 e. The number of hydrogen-bond acceptors (Lipinski definition) is 10. The maximum absolute atomic E-state index is 14.6. The highest BCUT2D eigenvalue weighted by molar-refractivity contribution is 5.96. The lowest BCUT2D eigenvalue weighted by atomic mass is 9.80. The van der Waals surface area contributed by atoms with Crippen LogP contribution < -0.4 is 31.9 Å². The van der Waals surface area contributed by atoms with Gasteiger partial charge in [0.2, 0.25) is 47.3 Å². The number of carbonyl (C=O) groups is 8. The van der Waals surface area contributed by atoms with Gasteiger partial charge in [0, 0.05) is 75.0 Å². The molecule has 438 valence electrons.